The molecule has 0 fully saturated rings. The fourth-order valence-electron chi connectivity index (χ4n) is 1.48. The van der Waals surface area contributed by atoms with Gasteiger partial charge in [0.05, 0.1) is 0 Å². The van der Waals surface area contributed by atoms with Crippen LogP contribution in [-0.2, 0) is 13.0 Å². The van der Waals surface area contributed by atoms with Gasteiger partial charge in [0, 0.05) is 23.4 Å². The lowest BCUT2D eigenvalue weighted by atomic mass is 10.1. The summed E-state index contributed by atoms with van der Waals surface area (Å²) in [5.41, 5.74) is 6.24. The molecular weight excluding hydrogens is 275 g/mol. The molecule has 0 saturated carbocycles. The zero-order valence-electron chi connectivity index (χ0n) is 9.32. The van der Waals surface area contributed by atoms with Crippen molar-refractivity contribution in [1.29, 1.82) is 0 Å². The van der Waals surface area contributed by atoms with E-state index in [0.29, 0.717) is 27.8 Å². The normalized spacial score (nSPS) is 10.6. The molecule has 1 heterocycles. The van der Waals surface area contributed by atoms with E-state index in [1.54, 1.807) is 5.38 Å². The van der Waals surface area contributed by atoms with E-state index in [9.17, 15) is 9.18 Å². The van der Waals surface area contributed by atoms with Gasteiger partial charge in [0.1, 0.15) is 16.5 Å². The van der Waals surface area contributed by atoms with Gasteiger partial charge in [-0.15, -0.1) is 11.3 Å². The molecule has 3 nitrogen and oxygen atoms in total. The molecule has 0 bridgehead atoms. The third kappa shape index (κ3) is 2.93. The molecule has 0 amide bonds. The van der Waals surface area contributed by atoms with Crippen LogP contribution in [0.3, 0.4) is 0 Å². The van der Waals surface area contributed by atoms with E-state index in [4.69, 9.17) is 17.3 Å². The number of halogens is 2. The second kappa shape index (κ2) is 5.56. The number of rotatable bonds is 4. The highest BCUT2D eigenvalue weighted by atomic mass is 35.5. The predicted molar refractivity (Wildman–Crippen MR) is 69.4 cm³/mol. The summed E-state index contributed by atoms with van der Waals surface area (Å²) in [6, 6.07) is 3.95. The van der Waals surface area contributed by atoms with Crippen LogP contribution >= 0.6 is 22.9 Å². The number of benzene rings is 1. The molecule has 0 radical (unpaired) electrons. The maximum absolute atomic E-state index is 13.1. The number of nitrogens with two attached hydrogens (primary N) is 1. The molecule has 2 aromatic rings. The SMILES string of the molecule is NCc1nc(C(=O)Cc2cc(F)ccc2Cl)cs1. The number of nitrogens with zero attached hydrogens (tertiary/aromatic N) is 1. The van der Waals surface area contributed by atoms with Gasteiger partial charge in [0.2, 0.25) is 0 Å². The number of aromatic nitrogens is 1. The fraction of sp³-hybridized carbons (Fsp3) is 0.167. The van der Waals surface area contributed by atoms with E-state index in [1.165, 1.54) is 29.5 Å². The Morgan fingerprint density at radius 2 is 2.28 bits per heavy atom. The first-order valence-electron chi connectivity index (χ1n) is 5.21. The van der Waals surface area contributed by atoms with Crippen LogP contribution in [0.15, 0.2) is 23.6 Å². The lowest BCUT2D eigenvalue weighted by Gasteiger charge is -2.02. The van der Waals surface area contributed by atoms with Crippen molar-refractivity contribution in [1.82, 2.24) is 4.98 Å². The van der Waals surface area contributed by atoms with Crippen molar-refractivity contribution in [3.8, 4) is 0 Å². The average molecular weight is 285 g/mol. The van der Waals surface area contributed by atoms with Crippen LogP contribution in [0.2, 0.25) is 5.02 Å². The standard InChI is InChI=1S/C12H10ClFN2OS/c13-9-2-1-8(14)3-7(9)4-11(17)10-6-18-12(5-15)16-10/h1-3,6H,4-5,15H2. The first-order valence-corrected chi connectivity index (χ1v) is 6.47. The Balaban J connectivity index is 2.18. The van der Waals surface area contributed by atoms with Gasteiger partial charge in [-0.25, -0.2) is 9.37 Å². The number of ketones is 1. The lowest BCUT2D eigenvalue weighted by molar-refractivity contribution is 0.0988. The first kappa shape index (κ1) is 13.1. The van der Waals surface area contributed by atoms with Gasteiger partial charge in [-0.05, 0) is 23.8 Å². The summed E-state index contributed by atoms with van der Waals surface area (Å²) in [6.07, 6.45) is 0.0321. The minimum Gasteiger partial charge on any atom is -0.325 e. The fourth-order valence-corrected chi connectivity index (χ4v) is 2.34. The highest BCUT2D eigenvalue weighted by molar-refractivity contribution is 7.09. The molecule has 0 aliphatic heterocycles. The molecule has 94 valence electrons. The Hall–Kier alpha value is -1.30. The largest absolute Gasteiger partial charge is 0.325 e. The Bertz CT molecular complexity index is 585. The third-order valence-electron chi connectivity index (χ3n) is 2.37. The molecule has 0 saturated heterocycles. The van der Waals surface area contributed by atoms with Crippen molar-refractivity contribution in [2.45, 2.75) is 13.0 Å². The summed E-state index contributed by atoms with van der Waals surface area (Å²) in [5.74, 6) is -0.610. The van der Waals surface area contributed by atoms with Crippen LogP contribution in [0.5, 0.6) is 0 Å². The minimum atomic E-state index is -0.414. The summed E-state index contributed by atoms with van der Waals surface area (Å²) in [6.45, 7) is 0.304. The summed E-state index contributed by atoms with van der Waals surface area (Å²) in [5, 5.41) is 2.72. The Kier molecular flexibility index (Phi) is 4.06. The second-order valence-electron chi connectivity index (χ2n) is 3.67. The molecule has 0 unspecified atom stereocenters. The van der Waals surface area contributed by atoms with Crippen LogP contribution < -0.4 is 5.73 Å². The van der Waals surface area contributed by atoms with Gasteiger partial charge in [-0.2, -0.15) is 0 Å². The predicted octanol–water partition coefficient (Wildman–Crippen LogP) is 2.82. The minimum absolute atomic E-state index is 0.0321. The molecule has 0 atom stereocenters. The van der Waals surface area contributed by atoms with E-state index in [2.05, 4.69) is 4.98 Å². The van der Waals surface area contributed by atoms with Crippen LogP contribution in [0.1, 0.15) is 21.1 Å². The van der Waals surface area contributed by atoms with E-state index in [1.807, 2.05) is 0 Å². The maximum Gasteiger partial charge on any atom is 0.186 e. The summed E-state index contributed by atoms with van der Waals surface area (Å²) in [7, 11) is 0. The van der Waals surface area contributed by atoms with Gasteiger partial charge in [0.25, 0.3) is 0 Å². The van der Waals surface area contributed by atoms with Crippen LogP contribution in [0.25, 0.3) is 0 Å². The van der Waals surface area contributed by atoms with Gasteiger partial charge in [-0.1, -0.05) is 11.6 Å². The summed E-state index contributed by atoms with van der Waals surface area (Å²) in [4.78, 5) is 16.0. The third-order valence-corrected chi connectivity index (χ3v) is 3.61. The lowest BCUT2D eigenvalue weighted by Crippen LogP contribution is -2.06. The number of thiazole rings is 1. The molecule has 0 spiro atoms. The highest BCUT2D eigenvalue weighted by Crippen LogP contribution is 2.19. The summed E-state index contributed by atoms with van der Waals surface area (Å²) < 4.78 is 13.1. The Morgan fingerprint density at radius 3 is 2.94 bits per heavy atom. The maximum atomic E-state index is 13.1. The van der Waals surface area contributed by atoms with Gasteiger partial charge < -0.3 is 5.73 Å². The quantitative estimate of drug-likeness (QED) is 0.879. The average Bonchev–Trinajstić information content (AvgIpc) is 2.82. The second-order valence-corrected chi connectivity index (χ2v) is 5.02. The molecule has 6 heteroatoms. The molecule has 0 aliphatic rings. The molecule has 1 aromatic carbocycles. The molecule has 18 heavy (non-hydrogen) atoms. The Morgan fingerprint density at radius 1 is 1.50 bits per heavy atom. The van der Waals surface area contributed by atoms with Gasteiger partial charge in [0.15, 0.2) is 5.78 Å². The number of hydrogen-bond acceptors (Lipinski definition) is 4. The van der Waals surface area contributed by atoms with Gasteiger partial charge >= 0.3 is 0 Å². The smallest absolute Gasteiger partial charge is 0.186 e. The van der Waals surface area contributed by atoms with Crippen LogP contribution in [0.4, 0.5) is 4.39 Å². The van der Waals surface area contributed by atoms with E-state index < -0.39 is 5.82 Å². The van der Waals surface area contributed by atoms with Gasteiger partial charge in [-0.3, -0.25) is 4.79 Å². The highest BCUT2D eigenvalue weighted by Gasteiger charge is 2.13. The zero-order chi connectivity index (χ0) is 13.1. The monoisotopic (exact) mass is 284 g/mol. The van der Waals surface area contributed by atoms with Crippen molar-refractivity contribution < 1.29 is 9.18 Å². The van der Waals surface area contributed by atoms with Crippen LogP contribution in [-0.4, -0.2) is 10.8 Å². The number of hydrogen-bond donors (Lipinski definition) is 1. The molecule has 1 aromatic heterocycles. The zero-order valence-corrected chi connectivity index (χ0v) is 10.9. The number of carbonyl (C=O) groups is 1. The number of carbonyl (C=O) groups excluding carboxylic acids is 1. The molecule has 2 N–H and O–H groups in total. The van der Waals surface area contributed by atoms with Crippen molar-refractivity contribution >= 4 is 28.7 Å². The van der Waals surface area contributed by atoms with E-state index in [-0.39, 0.29) is 12.2 Å². The topological polar surface area (TPSA) is 56.0 Å². The molecule has 0 aliphatic carbocycles. The van der Waals surface area contributed by atoms with E-state index in [0.717, 1.165) is 0 Å². The number of Topliss-reactive ketones (excluding diaryl/α,β-unsaturated/α-hetero) is 1. The Labute approximate surface area is 112 Å². The van der Waals surface area contributed by atoms with Crippen molar-refractivity contribution in [2.24, 2.45) is 5.73 Å². The summed E-state index contributed by atoms with van der Waals surface area (Å²) >= 11 is 7.24. The molecule has 2 rings (SSSR count). The molecular formula is C12H10ClFN2OS. The van der Waals surface area contributed by atoms with E-state index >= 15 is 0 Å². The van der Waals surface area contributed by atoms with Crippen molar-refractivity contribution in [3.05, 3.63) is 50.7 Å². The first-order chi connectivity index (χ1) is 8.60. The van der Waals surface area contributed by atoms with Crippen molar-refractivity contribution in [2.75, 3.05) is 0 Å². The van der Waals surface area contributed by atoms with Crippen molar-refractivity contribution in [3.63, 3.8) is 0 Å². The van der Waals surface area contributed by atoms with Crippen LogP contribution in [0, 0.1) is 5.82 Å².